The highest BCUT2D eigenvalue weighted by Gasteiger charge is 2.11. The van der Waals surface area contributed by atoms with E-state index in [1.807, 2.05) is 39.8 Å². The Morgan fingerprint density at radius 3 is 2.62 bits per heavy atom. The lowest BCUT2D eigenvalue weighted by Crippen LogP contribution is -2.28. The van der Waals surface area contributed by atoms with Crippen molar-refractivity contribution < 1.29 is 4.79 Å². The van der Waals surface area contributed by atoms with Gasteiger partial charge in [-0.05, 0) is 33.8 Å². The van der Waals surface area contributed by atoms with Crippen LogP contribution in [0.2, 0.25) is 0 Å². The molecule has 9 heteroatoms. The van der Waals surface area contributed by atoms with Crippen molar-refractivity contribution in [2.75, 3.05) is 18.4 Å². The first-order chi connectivity index (χ1) is 12.4. The molecule has 136 valence electrons. The van der Waals surface area contributed by atoms with Crippen molar-refractivity contribution in [3.8, 4) is 5.82 Å². The first kappa shape index (κ1) is 18.0. The van der Waals surface area contributed by atoms with E-state index in [0.29, 0.717) is 29.6 Å². The zero-order chi connectivity index (χ0) is 18.7. The molecule has 3 aromatic rings. The van der Waals surface area contributed by atoms with Crippen molar-refractivity contribution in [1.29, 1.82) is 0 Å². The summed E-state index contributed by atoms with van der Waals surface area (Å²) in [6.07, 6.45) is 0. The molecule has 0 aliphatic rings. The van der Waals surface area contributed by atoms with E-state index in [2.05, 4.69) is 30.7 Å². The average molecular weight is 371 g/mol. The molecule has 0 aliphatic heterocycles. The van der Waals surface area contributed by atoms with E-state index >= 15 is 0 Å². The highest BCUT2D eigenvalue weighted by molar-refractivity contribution is 7.11. The minimum Gasteiger partial charge on any atom is -0.368 e. The number of thiazole rings is 1. The van der Waals surface area contributed by atoms with Gasteiger partial charge in [-0.15, -0.1) is 11.3 Å². The van der Waals surface area contributed by atoms with Crippen LogP contribution < -0.4 is 10.6 Å². The summed E-state index contributed by atoms with van der Waals surface area (Å²) in [6.45, 7) is 8.64. The summed E-state index contributed by atoms with van der Waals surface area (Å²) in [5, 5.41) is 10.6. The fraction of sp³-hybridized carbons (Fsp3) is 0.353. The number of amides is 1. The van der Waals surface area contributed by atoms with Crippen molar-refractivity contribution in [3.63, 3.8) is 0 Å². The first-order valence-electron chi connectivity index (χ1n) is 8.25. The van der Waals surface area contributed by atoms with Crippen molar-refractivity contribution in [1.82, 2.24) is 30.0 Å². The van der Waals surface area contributed by atoms with Crippen LogP contribution in [0.15, 0.2) is 17.6 Å². The predicted octanol–water partition coefficient (Wildman–Crippen LogP) is 2.19. The topological polar surface area (TPSA) is 97.6 Å². The Balaban J connectivity index is 1.61. The molecule has 0 saturated heterocycles. The highest BCUT2D eigenvalue weighted by atomic mass is 32.1. The Bertz CT molecular complexity index is 931. The summed E-state index contributed by atoms with van der Waals surface area (Å²) >= 11 is 1.34. The Labute approximate surface area is 155 Å². The lowest BCUT2D eigenvalue weighted by molar-refractivity contribution is 0.0958. The third-order valence-electron chi connectivity index (χ3n) is 3.72. The van der Waals surface area contributed by atoms with Crippen molar-refractivity contribution >= 4 is 23.1 Å². The van der Waals surface area contributed by atoms with Crippen molar-refractivity contribution in [2.24, 2.45) is 0 Å². The van der Waals surface area contributed by atoms with Crippen LogP contribution in [0.5, 0.6) is 0 Å². The minimum absolute atomic E-state index is 0.103. The highest BCUT2D eigenvalue weighted by Crippen LogP contribution is 2.14. The lowest BCUT2D eigenvalue weighted by atomic mass is 10.3. The van der Waals surface area contributed by atoms with Gasteiger partial charge in [-0.3, -0.25) is 4.79 Å². The van der Waals surface area contributed by atoms with Crippen LogP contribution in [0.3, 0.4) is 0 Å². The van der Waals surface area contributed by atoms with E-state index in [1.165, 1.54) is 11.3 Å². The van der Waals surface area contributed by atoms with Gasteiger partial charge in [0.15, 0.2) is 5.82 Å². The molecule has 0 bridgehead atoms. The molecular weight excluding hydrogens is 350 g/mol. The molecule has 0 radical (unpaired) electrons. The maximum atomic E-state index is 12.1. The summed E-state index contributed by atoms with van der Waals surface area (Å²) in [6, 6.07) is 3.85. The Hall–Kier alpha value is -2.81. The second-order valence-electron chi connectivity index (χ2n) is 5.95. The molecule has 0 fully saturated rings. The molecule has 8 nitrogen and oxygen atoms in total. The summed E-state index contributed by atoms with van der Waals surface area (Å²) in [7, 11) is 0. The second-order valence-corrected chi connectivity index (χ2v) is 6.80. The largest absolute Gasteiger partial charge is 0.368 e. The number of aromatic nitrogens is 5. The smallest absolute Gasteiger partial charge is 0.263 e. The van der Waals surface area contributed by atoms with Gasteiger partial charge in [0.05, 0.1) is 16.9 Å². The van der Waals surface area contributed by atoms with Gasteiger partial charge in [0.2, 0.25) is 0 Å². The molecule has 26 heavy (non-hydrogen) atoms. The minimum atomic E-state index is -0.103. The van der Waals surface area contributed by atoms with Gasteiger partial charge in [0.1, 0.15) is 16.5 Å². The number of nitrogens with one attached hydrogen (secondary N) is 2. The van der Waals surface area contributed by atoms with Crippen molar-refractivity contribution in [3.05, 3.63) is 45.4 Å². The maximum absolute atomic E-state index is 12.1. The van der Waals surface area contributed by atoms with Crippen LogP contribution in [-0.4, -0.2) is 43.7 Å². The molecule has 2 N–H and O–H groups in total. The van der Waals surface area contributed by atoms with Crippen LogP contribution in [-0.2, 0) is 0 Å². The molecular formula is C17H21N7OS. The standard InChI is InChI=1S/C17H21N7OS/c1-10-7-11(2)24(23-10)15-8-14(21-13(4)22-15)18-5-6-19-17(25)16-12(3)20-9-26-16/h7-9H,5-6H2,1-4H3,(H,19,25)(H,18,21,22). The SMILES string of the molecule is Cc1cc(C)n(-c2cc(NCCNC(=O)c3scnc3C)nc(C)n2)n1. The van der Waals surface area contributed by atoms with Gasteiger partial charge in [-0.2, -0.15) is 5.10 Å². The number of nitrogens with zero attached hydrogens (tertiary/aromatic N) is 5. The summed E-state index contributed by atoms with van der Waals surface area (Å²) in [4.78, 5) is 25.6. The third-order valence-corrected chi connectivity index (χ3v) is 4.65. The van der Waals surface area contributed by atoms with E-state index in [9.17, 15) is 4.79 Å². The number of carbonyl (C=O) groups is 1. The van der Waals surface area contributed by atoms with Gasteiger partial charge in [0.25, 0.3) is 5.91 Å². The fourth-order valence-electron chi connectivity index (χ4n) is 2.58. The number of rotatable bonds is 6. The number of carbonyl (C=O) groups excluding carboxylic acids is 1. The van der Waals surface area contributed by atoms with E-state index in [0.717, 1.165) is 22.9 Å². The molecule has 0 unspecified atom stereocenters. The Morgan fingerprint density at radius 1 is 1.15 bits per heavy atom. The third kappa shape index (κ3) is 4.05. The Morgan fingerprint density at radius 2 is 1.96 bits per heavy atom. The van der Waals surface area contributed by atoms with Crippen LogP contribution in [0, 0.1) is 27.7 Å². The number of aryl methyl sites for hydroxylation is 4. The fourth-order valence-corrected chi connectivity index (χ4v) is 3.30. The van der Waals surface area contributed by atoms with Crippen LogP contribution >= 0.6 is 11.3 Å². The van der Waals surface area contributed by atoms with E-state index in [1.54, 1.807) is 10.2 Å². The summed E-state index contributed by atoms with van der Waals surface area (Å²) in [5.74, 6) is 1.97. The number of hydrogen-bond acceptors (Lipinski definition) is 7. The van der Waals surface area contributed by atoms with E-state index in [-0.39, 0.29) is 5.91 Å². The lowest BCUT2D eigenvalue weighted by Gasteiger charge is -2.10. The van der Waals surface area contributed by atoms with Gasteiger partial charge in [0, 0.05) is 24.8 Å². The first-order valence-corrected chi connectivity index (χ1v) is 9.13. The van der Waals surface area contributed by atoms with E-state index in [4.69, 9.17) is 0 Å². The molecule has 0 saturated carbocycles. The molecule has 0 aliphatic carbocycles. The Kier molecular flexibility index (Phi) is 5.27. The van der Waals surface area contributed by atoms with Gasteiger partial charge >= 0.3 is 0 Å². The number of anilines is 1. The van der Waals surface area contributed by atoms with E-state index < -0.39 is 0 Å². The van der Waals surface area contributed by atoms with Gasteiger partial charge in [-0.1, -0.05) is 0 Å². The molecule has 0 aromatic carbocycles. The molecule has 1 amide bonds. The summed E-state index contributed by atoms with van der Waals surface area (Å²) in [5.41, 5.74) is 4.38. The summed E-state index contributed by atoms with van der Waals surface area (Å²) < 4.78 is 1.80. The van der Waals surface area contributed by atoms with Crippen LogP contribution in [0.4, 0.5) is 5.82 Å². The maximum Gasteiger partial charge on any atom is 0.263 e. The predicted molar refractivity (Wildman–Crippen MR) is 101 cm³/mol. The van der Waals surface area contributed by atoms with Crippen LogP contribution in [0.25, 0.3) is 5.82 Å². The molecule has 0 spiro atoms. The molecule has 3 rings (SSSR count). The average Bonchev–Trinajstić information content (AvgIpc) is 3.16. The normalized spacial score (nSPS) is 10.8. The monoisotopic (exact) mass is 371 g/mol. The van der Waals surface area contributed by atoms with Gasteiger partial charge < -0.3 is 10.6 Å². The molecule has 0 atom stereocenters. The second kappa shape index (κ2) is 7.61. The quantitative estimate of drug-likeness (QED) is 0.645. The molecule has 3 heterocycles. The van der Waals surface area contributed by atoms with Crippen LogP contribution in [0.1, 0.15) is 32.6 Å². The molecule has 3 aromatic heterocycles. The number of hydrogen-bond donors (Lipinski definition) is 2. The van der Waals surface area contributed by atoms with Crippen molar-refractivity contribution in [2.45, 2.75) is 27.7 Å². The van der Waals surface area contributed by atoms with Gasteiger partial charge in [-0.25, -0.2) is 19.6 Å². The zero-order valence-electron chi connectivity index (χ0n) is 15.2. The zero-order valence-corrected chi connectivity index (χ0v) is 16.0.